The first kappa shape index (κ1) is 19.8. The Hall–Kier alpha value is -1.48. The minimum Gasteiger partial charge on any atom is -0.494 e. The Morgan fingerprint density at radius 2 is 2.04 bits per heavy atom. The molecule has 144 valence electrons. The van der Waals surface area contributed by atoms with Gasteiger partial charge in [0.05, 0.1) is 30.4 Å². The maximum atomic E-state index is 6.30. The quantitative estimate of drug-likeness (QED) is 0.180. The van der Waals surface area contributed by atoms with Gasteiger partial charge in [0.1, 0.15) is 21.5 Å². The number of thiazole rings is 1. The van der Waals surface area contributed by atoms with Crippen molar-refractivity contribution < 1.29 is 4.74 Å². The van der Waals surface area contributed by atoms with Crippen LogP contribution < -0.4 is 10.1 Å². The van der Waals surface area contributed by atoms with E-state index in [1.165, 1.54) is 0 Å². The smallest absolute Gasteiger partial charge is 0.167 e. The first-order valence-corrected chi connectivity index (χ1v) is 13.6. The summed E-state index contributed by atoms with van der Waals surface area (Å²) in [6.45, 7) is 3.95. The average molecular weight is 544 g/mol. The molecule has 0 amide bonds. The second-order valence-corrected chi connectivity index (χ2v) is 9.36. The van der Waals surface area contributed by atoms with Gasteiger partial charge in [0, 0.05) is 17.1 Å². The third kappa shape index (κ3) is 3.58. The normalized spacial score (nSPS) is 11.6. The number of nitrogens with zero attached hydrogens (tertiary/aromatic N) is 4. The zero-order valence-electron chi connectivity index (χ0n) is 15.2. The van der Waals surface area contributed by atoms with Crippen LogP contribution >= 0.6 is 51.4 Å². The molecule has 0 bridgehead atoms. The summed E-state index contributed by atoms with van der Waals surface area (Å²) in [5, 5.41) is 6.80. The third-order valence-electron chi connectivity index (χ3n) is 4.17. The van der Waals surface area contributed by atoms with Gasteiger partial charge in [0.15, 0.2) is 11.4 Å². The van der Waals surface area contributed by atoms with E-state index in [4.69, 9.17) is 21.3 Å². The number of aryl methyl sites for hydroxylation is 2. The van der Waals surface area contributed by atoms with Crippen molar-refractivity contribution >= 4 is 73.9 Å². The van der Waals surface area contributed by atoms with Crippen LogP contribution in [0.4, 0.5) is 11.4 Å². The molecule has 3 heterocycles. The first-order valence-electron chi connectivity index (χ1n) is 8.30. The summed E-state index contributed by atoms with van der Waals surface area (Å²) in [4.78, 5) is 13.8. The fourth-order valence-corrected chi connectivity index (χ4v) is 6.12. The molecule has 0 saturated heterocycles. The van der Waals surface area contributed by atoms with E-state index < -0.39 is 0 Å². The number of fused-ring (bicyclic) bond motifs is 1. The molecular weight excluding hydrogens is 528 g/mol. The van der Waals surface area contributed by atoms with Crippen molar-refractivity contribution in [1.29, 1.82) is 0 Å². The highest BCUT2D eigenvalue weighted by atomic mass is 127. The number of pyridine rings is 1. The predicted octanol–water partition coefficient (Wildman–Crippen LogP) is 6.37. The topological polar surface area (TPSA) is 64.9 Å². The van der Waals surface area contributed by atoms with E-state index in [0.29, 0.717) is 11.5 Å². The van der Waals surface area contributed by atoms with Crippen LogP contribution in [0, 0.1) is 13.8 Å². The molecule has 0 aliphatic rings. The number of halogens is 2. The van der Waals surface area contributed by atoms with Crippen LogP contribution in [0.25, 0.3) is 21.7 Å². The lowest BCUT2D eigenvalue weighted by Crippen LogP contribution is -1.98. The monoisotopic (exact) mass is 543 g/mol. The van der Waals surface area contributed by atoms with Crippen molar-refractivity contribution in [1.82, 2.24) is 19.3 Å². The molecule has 6 nitrogen and oxygen atoms in total. The molecule has 28 heavy (non-hydrogen) atoms. The number of para-hydroxylation sites is 1. The summed E-state index contributed by atoms with van der Waals surface area (Å²) in [5.41, 5.74) is 5.09. The minimum atomic E-state index is 0.413. The molecule has 0 aliphatic heterocycles. The molecule has 1 atom stereocenters. The maximum Gasteiger partial charge on any atom is 0.167 e. The fraction of sp³-hybridized carbons (Fsp3) is 0.167. The van der Waals surface area contributed by atoms with E-state index in [-0.39, 0.29) is 0 Å². The van der Waals surface area contributed by atoms with Crippen molar-refractivity contribution in [2.75, 3.05) is 12.4 Å². The summed E-state index contributed by atoms with van der Waals surface area (Å²) < 4.78 is 7.79. The molecule has 1 aromatic carbocycles. The lowest BCUT2D eigenvalue weighted by atomic mass is 10.1. The summed E-state index contributed by atoms with van der Waals surface area (Å²) in [6.07, 6.45) is 0.491. The Balaban J connectivity index is 1.84. The van der Waals surface area contributed by atoms with E-state index in [2.05, 4.69) is 41.7 Å². The average Bonchev–Trinajstić information content (AvgIpc) is 3.24. The molecule has 1 unspecified atom stereocenters. The zero-order chi connectivity index (χ0) is 19.8. The number of rotatable bonds is 5. The van der Waals surface area contributed by atoms with E-state index in [1.54, 1.807) is 24.5 Å². The van der Waals surface area contributed by atoms with Gasteiger partial charge in [-0.05, 0) is 48.0 Å². The highest BCUT2D eigenvalue weighted by molar-refractivity contribution is 14.2. The number of ether oxygens (including phenoxy) is 1. The third-order valence-corrected chi connectivity index (χ3v) is 7.51. The SMILES string of the molecule is COc1c(Nc2cc(Cl)nc3c2nc(C)n3PI)cccc1-c1nc(C)cs1. The number of hydrogen-bond donors (Lipinski definition) is 1. The zero-order valence-corrected chi connectivity index (χ0v) is 20.0. The standard InChI is InChI=1S/C18H16ClIN5OPS/c1-9-8-28-18(21-9)11-5-4-6-12(16(11)26-3)23-13-7-14(19)24-17-15(13)22-10(2)25(17)27-20/h4-8,27H,1-3H3,(H,23,24). The number of hydrogen-bond acceptors (Lipinski definition) is 6. The van der Waals surface area contributed by atoms with Gasteiger partial charge < -0.3 is 10.1 Å². The number of benzene rings is 1. The molecule has 4 aromatic rings. The van der Waals surface area contributed by atoms with E-state index >= 15 is 0 Å². The predicted molar refractivity (Wildman–Crippen MR) is 127 cm³/mol. The molecule has 10 heteroatoms. The number of methoxy groups -OCH3 is 1. The Labute approximate surface area is 186 Å². The van der Waals surface area contributed by atoms with Crippen molar-refractivity contribution in [3.05, 3.63) is 46.3 Å². The van der Waals surface area contributed by atoms with E-state index in [9.17, 15) is 0 Å². The summed E-state index contributed by atoms with van der Waals surface area (Å²) in [7, 11) is 1.66. The summed E-state index contributed by atoms with van der Waals surface area (Å²) >= 11 is 10.2. The van der Waals surface area contributed by atoms with Crippen LogP contribution in [0.5, 0.6) is 5.75 Å². The highest BCUT2D eigenvalue weighted by Gasteiger charge is 2.17. The van der Waals surface area contributed by atoms with Crippen molar-refractivity contribution in [3.8, 4) is 16.3 Å². The lowest BCUT2D eigenvalue weighted by molar-refractivity contribution is 0.418. The number of aromatic nitrogens is 4. The van der Waals surface area contributed by atoms with Gasteiger partial charge in [-0.3, -0.25) is 4.34 Å². The van der Waals surface area contributed by atoms with Crippen molar-refractivity contribution in [2.45, 2.75) is 13.8 Å². The second kappa shape index (κ2) is 8.10. The Morgan fingerprint density at radius 3 is 2.71 bits per heavy atom. The fourth-order valence-electron chi connectivity index (χ4n) is 2.97. The molecule has 1 N–H and O–H groups in total. The molecule has 0 fully saturated rings. The molecule has 0 saturated carbocycles. The van der Waals surface area contributed by atoms with Gasteiger partial charge >= 0.3 is 0 Å². The molecule has 0 spiro atoms. The summed E-state index contributed by atoms with van der Waals surface area (Å²) in [6, 6.07) is 7.74. The van der Waals surface area contributed by atoms with Gasteiger partial charge in [-0.15, -0.1) is 11.3 Å². The van der Waals surface area contributed by atoms with Gasteiger partial charge in [-0.1, -0.05) is 17.7 Å². The van der Waals surface area contributed by atoms with E-state index in [0.717, 1.165) is 50.4 Å². The van der Waals surface area contributed by atoms with Crippen molar-refractivity contribution in [2.24, 2.45) is 0 Å². The van der Waals surface area contributed by atoms with Crippen LogP contribution in [-0.4, -0.2) is 26.4 Å². The number of anilines is 2. The molecule has 0 aliphatic carbocycles. The molecular formula is C18H16ClIN5OPS. The van der Waals surface area contributed by atoms with Gasteiger partial charge in [-0.25, -0.2) is 15.0 Å². The largest absolute Gasteiger partial charge is 0.494 e. The van der Waals surface area contributed by atoms with Gasteiger partial charge in [0.2, 0.25) is 0 Å². The van der Waals surface area contributed by atoms with Crippen LogP contribution in [0.2, 0.25) is 5.15 Å². The Morgan fingerprint density at radius 1 is 1.21 bits per heavy atom. The van der Waals surface area contributed by atoms with E-state index in [1.807, 2.05) is 37.4 Å². The first-order chi connectivity index (χ1) is 13.5. The van der Waals surface area contributed by atoms with Gasteiger partial charge in [0.25, 0.3) is 0 Å². The lowest BCUT2D eigenvalue weighted by Gasteiger charge is -2.14. The van der Waals surface area contributed by atoms with Crippen LogP contribution in [-0.2, 0) is 0 Å². The van der Waals surface area contributed by atoms with Crippen LogP contribution in [0.1, 0.15) is 11.5 Å². The number of nitrogens with one attached hydrogen (secondary N) is 1. The Bertz CT molecular complexity index is 1180. The summed E-state index contributed by atoms with van der Waals surface area (Å²) in [5.74, 6) is 1.63. The highest BCUT2D eigenvalue weighted by Crippen LogP contribution is 2.41. The molecule has 3 aromatic heterocycles. The van der Waals surface area contributed by atoms with Crippen molar-refractivity contribution in [3.63, 3.8) is 0 Å². The van der Waals surface area contributed by atoms with Crippen LogP contribution in [0.15, 0.2) is 29.6 Å². The molecule has 0 radical (unpaired) electrons. The second-order valence-electron chi connectivity index (χ2n) is 6.05. The maximum absolute atomic E-state index is 6.30. The van der Waals surface area contributed by atoms with Gasteiger partial charge in [-0.2, -0.15) is 0 Å². The Kier molecular flexibility index (Phi) is 5.73. The number of imidazole rings is 1. The molecule has 4 rings (SSSR count). The van der Waals surface area contributed by atoms with Crippen LogP contribution in [0.3, 0.4) is 0 Å². The minimum absolute atomic E-state index is 0.413.